The van der Waals surface area contributed by atoms with Crippen LogP contribution >= 0.6 is 0 Å². The molecule has 0 spiro atoms. The van der Waals surface area contributed by atoms with Gasteiger partial charge in [0.15, 0.2) is 11.6 Å². The zero-order valence-electron chi connectivity index (χ0n) is 16.0. The Morgan fingerprint density at radius 2 is 2.03 bits per heavy atom. The molecule has 1 aromatic carbocycles. The number of aromatic amines is 1. The molecule has 0 aliphatic carbocycles. The SMILES string of the molecule is CC(O)c1ccc2nc(N)c(OC(C)c3[nH]c(=O)ccc3-n3cccn3)cc2c1. The van der Waals surface area contributed by atoms with Gasteiger partial charge >= 0.3 is 0 Å². The molecule has 29 heavy (non-hydrogen) atoms. The van der Waals surface area contributed by atoms with E-state index in [4.69, 9.17) is 10.5 Å². The topological polar surface area (TPSA) is 119 Å². The normalized spacial score (nSPS) is 13.3. The molecule has 8 nitrogen and oxygen atoms in total. The number of ether oxygens (including phenoxy) is 1. The third-order valence-corrected chi connectivity index (χ3v) is 4.70. The van der Waals surface area contributed by atoms with Crippen LogP contribution < -0.4 is 16.0 Å². The van der Waals surface area contributed by atoms with Gasteiger partial charge in [0, 0.05) is 23.8 Å². The van der Waals surface area contributed by atoms with Gasteiger partial charge in [-0.15, -0.1) is 0 Å². The molecule has 148 valence electrons. The largest absolute Gasteiger partial charge is 0.481 e. The number of nitrogens with zero attached hydrogens (tertiary/aromatic N) is 3. The molecule has 0 saturated carbocycles. The maximum absolute atomic E-state index is 11.9. The Morgan fingerprint density at radius 1 is 1.21 bits per heavy atom. The van der Waals surface area contributed by atoms with Crippen molar-refractivity contribution < 1.29 is 9.84 Å². The summed E-state index contributed by atoms with van der Waals surface area (Å²) in [6.45, 7) is 3.52. The van der Waals surface area contributed by atoms with E-state index in [0.717, 1.165) is 10.9 Å². The van der Waals surface area contributed by atoms with Gasteiger partial charge in [-0.3, -0.25) is 4.79 Å². The van der Waals surface area contributed by atoms with E-state index >= 15 is 0 Å². The van der Waals surface area contributed by atoms with Gasteiger partial charge in [0.1, 0.15) is 6.10 Å². The van der Waals surface area contributed by atoms with Crippen molar-refractivity contribution in [3.05, 3.63) is 76.5 Å². The third-order valence-electron chi connectivity index (χ3n) is 4.70. The van der Waals surface area contributed by atoms with E-state index < -0.39 is 12.2 Å². The second-order valence-corrected chi connectivity index (χ2v) is 6.83. The first kappa shape index (κ1) is 18.7. The Kier molecular flexibility index (Phi) is 4.77. The van der Waals surface area contributed by atoms with E-state index in [2.05, 4.69) is 15.1 Å². The molecule has 4 rings (SSSR count). The van der Waals surface area contributed by atoms with Gasteiger partial charge in [-0.2, -0.15) is 5.10 Å². The molecule has 0 fully saturated rings. The highest BCUT2D eigenvalue weighted by atomic mass is 16.5. The number of nitrogens with two attached hydrogens (primary N) is 1. The highest BCUT2D eigenvalue weighted by Crippen LogP contribution is 2.31. The number of H-pyrrole nitrogens is 1. The number of rotatable bonds is 5. The summed E-state index contributed by atoms with van der Waals surface area (Å²) in [7, 11) is 0. The molecule has 0 aliphatic heterocycles. The predicted molar refractivity (Wildman–Crippen MR) is 110 cm³/mol. The van der Waals surface area contributed by atoms with Crippen molar-refractivity contribution in [3.8, 4) is 11.4 Å². The van der Waals surface area contributed by atoms with Crippen LogP contribution in [0.25, 0.3) is 16.6 Å². The van der Waals surface area contributed by atoms with Crippen LogP contribution in [0.5, 0.6) is 5.75 Å². The summed E-state index contributed by atoms with van der Waals surface area (Å²) < 4.78 is 7.73. The molecule has 0 aliphatic rings. The van der Waals surface area contributed by atoms with Crippen molar-refractivity contribution in [2.75, 3.05) is 5.73 Å². The fourth-order valence-corrected chi connectivity index (χ4v) is 3.20. The Hall–Kier alpha value is -3.65. The van der Waals surface area contributed by atoms with Crippen LogP contribution in [0.1, 0.15) is 37.3 Å². The number of pyridine rings is 2. The minimum absolute atomic E-state index is 0.238. The summed E-state index contributed by atoms with van der Waals surface area (Å²) in [5.74, 6) is 0.636. The van der Waals surface area contributed by atoms with Crippen molar-refractivity contribution in [2.45, 2.75) is 26.1 Å². The second kappa shape index (κ2) is 7.40. The van der Waals surface area contributed by atoms with Crippen LogP contribution in [0.15, 0.2) is 59.7 Å². The monoisotopic (exact) mass is 391 g/mol. The molecule has 2 unspecified atom stereocenters. The molecule has 0 saturated heterocycles. The lowest BCUT2D eigenvalue weighted by Gasteiger charge is -2.19. The zero-order valence-corrected chi connectivity index (χ0v) is 16.0. The summed E-state index contributed by atoms with van der Waals surface area (Å²) in [5.41, 5.74) is 8.61. The van der Waals surface area contributed by atoms with Crippen LogP contribution in [-0.4, -0.2) is 24.9 Å². The van der Waals surface area contributed by atoms with E-state index in [1.165, 1.54) is 6.07 Å². The minimum atomic E-state index is -0.591. The number of benzene rings is 1. The molecule has 3 aromatic heterocycles. The van der Waals surface area contributed by atoms with Crippen molar-refractivity contribution >= 4 is 16.7 Å². The number of anilines is 1. The lowest BCUT2D eigenvalue weighted by atomic mass is 10.1. The molecule has 0 bridgehead atoms. The maximum Gasteiger partial charge on any atom is 0.248 e. The fraction of sp³-hybridized carbons (Fsp3) is 0.190. The summed E-state index contributed by atoms with van der Waals surface area (Å²) in [6.07, 6.45) is 2.33. The first-order chi connectivity index (χ1) is 13.9. The molecule has 0 amide bonds. The van der Waals surface area contributed by atoms with E-state index in [0.29, 0.717) is 22.6 Å². The van der Waals surface area contributed by atoms with Crippen molar-refractivity contribution in [1.82, 2.24) is 19.7 Å². The number of aliphatic hydroxyl groups is 1. The third kappa shape index (κ3) is 3.70. The smallest absolute Gasteiger partial charge is 0.248 e. The summed E-state index contributed by atoms with van der Waals surface area (Å²) >= 11 is 0. The van der Waals surface area contributed by atoms with Gasteiger partial charge in [-0.1, -0.05) is 6.07 Å². The van der Waals surface area contributed by atoms with Crippen LogP contribution in [0.4, 0.5) is 5.82 Å². The van der Waals surface area contributed by atoms with Crippen LogP contribution in [0.3, 0.4) is 0 Å². The molecule has 0 radical (unpaired) electrons. The number of hydrogen-bond donors (Lipinski definition) is 3. The number of nitrogen functional groups attached to an aromatic ring is 1. The molecule has 3 heterocycles. The molecular formula is C21H21N5O3. The number of fused-ring (bicyclic) bond motifs is 1. The Balaban J connectivity index is 1.72. The maximum atomic E-state index is 11.9. The molecular weight excluding hydrogens is 370 g/mol. The number of hydrogen-bond acceptors (Lipinski definition) is 6. The highest BCUT2D eigenvalue weighted by Gasteiger charge is 2.17. The average Bonchev–Trinajstić information content (AvgIpc) is 3.22. The van der Waals surface area contributed by atoms with Crippen LogP contribution in [0, 0.1) is 0 Å². The summed E-state index contributed by atoms with van der Waals surface area (Å²) in [4.78, 5) is 19.1. The van der Waals surface area contributed by atoms with E-state index in [1.807, 2.05) is 25.1 Å². The first-order valence-electron chi connectivity index (χ1n) is 9.20. The molecule has 8 heteroatoms. The average molecular weight is 391 g/mol. The summed E-state index contributed by atoms with van der Waals surface area (Å²) in [5, 5.41) is 14.9. The van der Waals surface area contributed by atoms with Gasteiger partial charge < -0.3 is 20.6 Å². The van der Waals surface area contributed by atoms with E-state index in [-0.39, 0.29) is 11.4 Å². The van der Waals surface area contributed by atoms with Crippen molar-refractivity contribution in [2.24, 2.45) is 0 Å². The Morgan fingerprint density at radius 3 is 2.76 bits per heavy atom. The zero-order chi connectivity index (χ0) is 20.5. The fourth-order valence-electron chi connectivity index (χ4n) is 3.20. The van der Waals surface area contributed by atoms with Gasteiger partial charge in [0.25, 0.3) is 0 Å². The molecule has 2 atom stereocenters. The minimum Gasteiger partial charge on any atom is -0.481 e. The van der Waals surface area contributed by atoms with Crippen molar-refractivity contribution in [1.29, 1.82) is 0 Å². The van der Waals surface area contributed by atoms with E-state index in [1.54, 1.807) is 42.2 Å². The van der Waals surface area contributed by atoms with Gasteiger partial charge in [-0.05, 0) is 49.7 Å². The van der Waals surface area contributed by atoms with Crippen molar-refractivity contribution in [3.63, 3.8) is 0 Å². The van der Waals surface area contributed by atoms with Gasteiger partial charge in [0.05, 0.1) is 23.0 Å². The standard InChI is InChI=1S/C21H21N5O3/c1-12(27)14-4-5-16-15(10-14)11-18(21(22)24-16)29-13(2)20-17(6-7-19(28)25-20)26-9-3-8-23-26/h3-13,27H,1-2H3,(H2,22,24)(H,25,28). The van der Waals surface area contributed by atoms with E-state index in [9.17, 15) is 9.90 Å². The van der Waals surface area contributed by atoms with Gasteiger partial charge in [-0.25, -0.2) is 9.67 Å². The van der Waals surface area contributed by atoms with Crippen LogP contribution in [-0.2, 0) is 0 Å². The van der Waals surface area contributed by atoms with Crippen LogP contribution in [0.2, 0.25) is 0 Å². The molecule has 4 aromatic rings. The highest BCUT2D eigenvalue weighted by molar-refractivity contribution is 5.83. The number of aromatic nitrogens is 4. The molecule has 4 N–H and O–H groups in total. The summed E-state index contributed by atoms with van der Waals surface area (Å²) in [6, 6.07) is 12.2. The number of aliphatic hydroxyl groups excluding tert-OH is 1. The quantitative estimate of drug-likeness (QED) is 0.481. The first-order valence-corrected chi connectivity index (χ1v) is 9.20. The lowest BCUT2D eigenvalue weighted by Crippen LogP contribution is -2.17. The number of nitrogens with one attached hydrogen (secondary N) is 1. The Bertz CT molecular complexity index is 1210. The lowest BCUT2D eigenvalue weighted by molar-refractivity contribution is 0.199. The second-order valence-electron chi connectivity index (χ2n) is 6.83. The van der Waals surface area contributed by atoms with Gasteiger partial charge in [0.2, 0.25) is 5.56 Å². The Labute approximate surface area is 166 Å². The predicted octanol–water partition coefficient (Wildman–Crippen LogP) is 2.88.